The van der Waals surface area contributed by atoms with Crippen LogP contribution in [0.3, 0.4) is 0 Å². The zero-order chi connectivity index (χ0) is 23.1. The molecular weight excluding hydrogens is 410 g/mol. The fourth-order valence-electron chi connectivity index (χ4n) is 3.32. The summed E-state index contributed by atoms with van der Waals surface area (Å²) in [5.74, 6) is 0.354. The summed E-state index contributed by atoms with van der Waals surface area (Å²) in [4.78, 5) is 23.8. The maximum Gasteiger partial charge on any atom is 0.341 e. The van der Waals surface area contributed by atoms with Gasteiger partial charge in [-0.1, -0.05) is 24.3 Å². The Morgan fingerprint density at radius 2 is 1.81 bits per heavy atom. The Bertz CT molecular complexity index is 1130. The van der Waals surface area contributed by atoms with E-state index in [0.29, 0.717) is 35.1 Å². The Balaban J connectivity index is 1.80. The van der Waals surface area contributed by atoms with Gasteiger partial charge in [0.25, 0.3) is 0 Å². The lowest BCUT2D eigenvalue weighted by Gasteiger charge is -2.11. The molecule has 2 aromatic carbocycles. The molecule has 0 amide bonds. The van der Waals surface area contributed by atoms with E-state index < -0.39 is 12.6 Å². The molecule has 1 heterocycles. The first kappa shape index (κ1) is 22.7. The molecule has 0 radical (unpaired) electrons. The Labute approximate surface area is 186 Å². The predicted molar refractivity (Wildman–Crippen MR) is 121 cm³/mol. The van der Waals surface area contributed by atoms with Gasteiger partial charge in [-0.05, 0) is 48.9 Å². The smallest absolute Gasteiger partial charge is 0.341 e. The lowest BCUT2D eigenvalue weighted by atomic mass is 10.1. The lowest BCUT2D eigenvalue weighted by Crippen LogP contribution is -2.10. The summed E-state index contributed by atoms with van der Waals surface area (Å²) in [6.45, 7) is 1.95. The molecule has 3 rings (SSSR count). The predicted octanol–water partition coefficient (Wildman–Crippen LogP) is 4.22. The number of methoxy groups -OCH3 is 2. The molecule has 0 aliphatic heterocycles. The van der Waals surface area contributed by atoms with E-state index in [9.17, 15) is 9.59 Å². The van der Waals surface area contributed by atoms with E-state index in [-0.39, 0.29) is 5.78 Å². The molecule has 7 nitrogen and oxygen atoms in total. The van der Waals surface area contributed by atoms with Gasteiger partial charge in [-0.3, -0.25) is 4.79 Å². The Morgan fingerprint density at radius 3 is 2.47 bits per heavy atom. The van der Waals surface area contributed by atoms with E-state index >= 15 is 0 Å². The van der Waals surface area contributed by atoms with Crippen LogP contribution >= 0.6 is 0 Å². The summed E-state index contributed by atoms with van der Waals surface area (Å²) in [6, 6.07) is 14.1. The molecule has 0 spiro atoms. The van der Waals surface area contributed by atoms with Crippen molar-refractivity contribution in [3.8, 4) is 17.2 Å². The third-order valence-electron chi connectivity index (χ3n) is 4.78. The van der Waals surface area contributed by atoms with Crippen molar-refractivity contribution in [2.75, 3.05) is 20.8 Å². The van der Waals surface area contributed by atoms with Crippen LogP contribution in [0.5, 0.6) is 17.2 Å². The molecule has 0 bridgehead atoms. The van der Waals surface area contributed by atoms with E-state index in [2.05, 4.69) is 0 Å². The fourth-order valence-corrected chi connectivity index (χ4v) is 3.32. The molecule has 166 valence electrons. The number of carbonyl (C=O) groups is 2. The summed E-state index contributed by atoms with van der Waals surface area (Å²) < 4.78 is 17.8. The highest BCUT2D eigenvalue weighted by Crippen LogP contribution is 2.32. The highest BCUT2D eigenvalue weighted by atomic mass is 16.5. The Kier molecular flexibility index (Phi) is 7.33. The zero-order valence-corrected chi connectivity index (χ0v) is 18.2. The van der Waals surface area contributed by atoms with Crippen molar-refractivity contribution in [3.05, 3.63) is 83.2 Å². The summed E-state index contributed by atoms with van der Waals surface area (Å²) >= 11 is 0. The number of rotatable bonds is 10. The third kappa shape index (κ3) is 5.37. The number of allylic oxidation sites excluding steroid dienone is 1. The molecule has 1 aromatic heterocycles. The number of para-hydroxylation sites is 1. The summed E-state index contributed by atoms with van der Waals surface area (Å²) in [7, 11) is 3.09. The zero-order valence-electron chi connectivity index (χ0n) is 18.2. The van der Waals surface area contributed by atoms with E-state index in [1.807, 2.05) is 42.0 Å². The molecule has 0 fully saturated rings. The molecule has 32 heavy (non-hydrogen) atoms. The first-order valence-electron chi connectivity index (χ1n) is 9.96. The number of ketones is 1. The van der Waals surface area contributed by atoms with Crippen molar-refractivity contribution in [1.29, 1.82) is 0 Å². The summed E-state index contributed by atoms with van der Waals surface area (Å²) in [5, 5.41) is 8.84. The van der Waals surface area contributed by atoms with Gasteiger partial charge in [0.1, 0.15) is 5.75 Å². The normalized spacial score (nSPS) is 10.8. The molecule has 3 aromatic rings. The van der Waals surface area contributed by atoms with Crippen LogP contribution in [-0.2, 0) is 11.3 Å². The minimum absolute atomic E-state index is 0.0733. The SMILES string of the molecule is COc1ccc(C(=O)c2cc(C)cn2C/C=C/c2cccc(OCC(=O)O)c2OC)cc1. The minimum atomic E-state index is -1.06. The van der Waals surface area contributed by atoms with Crippen LogP contribution in [0.2, 0.25) is 0 Å². The summed E-state index contributed by atoms with van der Waals surface area (Å²) in [5.41, 5.74) is 2.89. The number of benzene rings is 2. The number of hydrogen-bond acceptors (Lipinski definition) is 5. The average Bonchev–Trinajstić information content (AvgIpc) is 3.17. The van der Waals surface area contributed by atoms with Crippen LogP contribution in [0.4, 0.5) is 0 Å². The van der Waals surface area contributed by atoms with E-state index in [1.165, 1.54) is 7.11 Å². The number of nitrogens with zero attached hydrogens (tertiary/aromatic N) is 1. The molecule has 0 aliphatic rings. The maximum absolute atomic E-state index is 13.0. The second-order valence-corrected chi connectivity index (χ2v) is 7.08. The monoisotopic (exact) mass is 435 g/mol. The lowest BCUT2D eigenvalue weighted by molar-refractivity contribution is -0.139. The number of carboxylic acid groups (broad SMARTS) is 1. The standard InChI is InChI=1S/C25H25NO6/c1-17-14-21(24(29)18-9-11-20(30-2)12-10-18)26(15-17)13-5-7-19-6-4-8-22(25(19)31-3)32-16-23(27)28/h4-12,14-15H,13,16H2,1-3H3,(H,27,28)/b7-5+. The number of aromatic nitrogens is 1. The van der Waals surface area contributed by atoms with Crippen molar-refractivity contribution >= 4 is 17.8 Å². The number of aryl methyl sites for hydroxylation is 1. The topological polar surface area (TPSA) is 87.0 Å². The van der Waals surface area contributed by atoms with Crippen molar-refractivity contribution in [2.24, 2.45) is 0 Å². The van der Waals surface area contributed by atoms with Gasteiger partial charge in [0.05, 0.1) is 19.9 Å². The molecule has 1 N–H and O–H groups in total. The fraction of sp³-hybridized carbons (Fsp3) is 0.200. The quantitative estimate of drug-likeness (QED) is 0.480. The molecular formula is C25H25NO6. The molecule has 0 saturated carbocycles. The van der Waals surface area contributed by atoms with Crippen LogP contribution in [0.15, 0.2) is 60.8 Å². The Morgan fingerprint density at radius 1 is 1.06 bits per heavy atom. The molecule has 7 heteroatoms. The third-order valence-corrected chi connectivity index (χ3v) is 4.78. The number of ether oxygens (including phenoxy) is 3. The number of carboxylic acids is 1. The van der Waals surface area contributed by atoms with Gasteiger partial charge >= 0.3 is 5.97 Å². The van der Waals surface area contributed by atoms with Gasteiger partial charge < -0.3 is 23.9 Å². The largest absolute Gasteiger partial charge is 0.497 e. The molecule has 0 aliphatic carbocycles. The first-order valence-corrected chi connectivity index (χ1v) is 9.96. The first-order chi connectivity index (χ1) is 15.4. The van der Waals surface area contributed by atoms with E-state index in [0.717, 1.165) is 11.1 Å². The summed E-state index contributed by atoms with van der Waals surface area (Å²) in [6.07, 6.45) is 5.68. The van der Waals surface area contributed by atoms with Crippen LogP contribution in [0.25, 0.3) is 6.08 Å². The van der Waals surface area contributed by atoms with E-state index in [4.69, 9.17) is 19.3 Å². The Hall–Kier alpha value is -4.00. The number of aliphatic carboxylic acids is 1. The maximum atomic E-state index is 13.0. The van der Waals surface area contributed by atoms with E-state index in [1.54, 1.807) is 43.5 Å². The van der Waals surface area contributed by atoms with Gasteiger partial charge in [-0.15, -0.1) is 0 Å². The van der Waals surface area contributed by atoms with Crippen LogP contribution < -0.4 is 14.2 Å². The number of hydrogen-bond donors (Lipinski definition) is 1. The second-order valence-electron chi connectivity index (χ2n) is 7.08. The van der Waals surface area contributed by atoms with Gasteiger partial charge in [-0.25, -0.2) is 4.79 Å². The van der Waals surface area contributed by atoms with Crippen molar-refractivity contribution in [3.63, 3.8) is 0 Å². The van der Waals surface area contributed by atoms with Crippen molar-refractivity contribution in [2.45, 2.75) is 13.5 Å². The van der Waals surface area contributed by atoms with Gasteiger partial charge in [-0.2, -0.15) is 0 Å². The van der Waals surface area contributed by atoms with Crippen LogP contribution in [0.1, 0.15) is 27.2 Å². The molecule has 0 atom stereocenters. The minimum Gasteiger partial charge on any atom is -0.497 e. The molecule has 0 unspecified atom stereocenters. The van der Waals surface area contributed by atoms with Crippen molar-refractivity contribution in [1.82, 2.24) is 4.57 Å². The van der Waals surface area contributed by atoms with Crippen molar-refractivity contribution < 1.29 is 28.9 Å². The highest BCUT2D eigenvalue weighted by Gasteiger charge is 2.15. The number of carbonyl (C=O) groups excluding carboxylic acids is 1. The second kappa shape index (κ2) is 10.3. The average molecular weight is 435 g/mol. The molecule has 0 saturated heterocycles. The van der Waals surface area contributed by atoms with Crippen LogP contribution in [-0.4, -0.2) is 42.3 Å². The highest BCUT2D eigenvalue weighted by molar-refractivity contribution is 6.08. The van der Waals surface area contributed by atoms with Gasteiger partial charge in [0, 0.05) is 23.9 Å². The van der Waals surface area contributed by atoms with Gasteiger partial charge in [0.2, 0.25) is 5.78 Å². The van der Waals surface area contributed by atoms with Gasteiger partial charge in [0.15, 0.2) is 18.1 Å². The van der Waals surface area contributed by atoms with Crippen LogP contribution in [0, 0.1) is 6.92 Å².